The van der Waals surface area contributed by atoms with Gasteiger partial charge in [-0.1, -0.05) is 6.92 Å². The quantitative estimate of drug-likeness (QED) is 0.677. The van der Waals surface area contributed by atoms with E-state index in [4.69, 9.17) is 0 Å². The summed E-state index contributed by atoms with van der Waals surface area (Å²) < 4.78 is 0. The van der Waals surface area contributed by atoms with Crippen LogP contribution in [0.5, 0.6) is 0 Å². The van der Waals surface area contributed by atoms with Crippen LogP contribution in [-0.4, -0.2) is 36.4 Å². The fourth-order valence-electron chi connectivity index (χ4n) is 1.82. The minimum atomic E-state index is -0.192. The molecule has 0 aliphatic rings. The van der Waals surface area contributed by atoms with Crippen molar-refractivity contribution in [2.24, 2.45) is 0 Å². The molecular weight excluding hydrogens is 268 g/mol. The Kier molecular flexibility index (Phi) is 7.21. The van der Waals surface area contributed by atoms with Crippen LogP contribution >= 0.6 is 0 Å². The summed E-state index contributed by atoms with van der Waals surface area (Å²) in [5.74, 6) is 0.447. The number of pyridine rings is 1. The predicted octanol–water partition coefficient (Wildman–Crippen LogP) is 1.47. The van der Waals surface area contributed by atoms with Gasteiger partial charge in [0.25, 0.3) is 5.91 Å². The maximum absolute atomic E-state index is 12.1. The van der Waals surface area contributed by atoms with Gasteiger partial charge in [-0.25, -0.2) is 4.98 Å². The molecule has 3 N–H and O–H groups in total. The normalized spacial score (nSPS) is 10.0. The van der Waals surface area contributed by atoms with Gasteiger partial charge in [0.05, 0.1) is 0 Å². The summed E-state index contributed by atoms with van der Waals surface area (Å²) in [4.78, 5) is 27.8. The molecule has 6 nitrogen and oxygen atoms in total. The molecule has 0 aromatic carbocycles. The lowest BCUT2D eigenvalue weighted by molar-refractivity contribution is -0.120. The van der Waals surface area contributed by atoms with Gasteiger partial charge in [-0.2, -0.15) is 0 Å². The number of rotatable bonds is 8. The molecule has 6 heteroatoms. The summed E-state index contributed by atoms with van der Waals surface area (Å²) in [5, 5.41) is 8.60. The summed E-state index contributed by atoms with van der Waals surface area (Å²) in [6.07, 6.45) is 1.19. The molecule has 0 aliphatic carbocycles. The van der Waals surface area contributed by atoms with E-state index in [9.17, 15) is 9.59 Å². The minimum Gasteiger partial charge on any atom is -0.370 e. The zero-order valence-electron chi connectivity index (χ0n) is 13.0. The first-order valence-electron chi connectivity index (χ1n) is 7.34. The van der Waals surface area contributed by atoms with Crippen molar-refractivity contribution in [2.45, 2.75) is 33.6 Å². The number of anilines is 1. The Morgan fingerprint density at radius 3 is 2.57 bits per heavy atom. The Labute approximate surface area is 125 Å². The molecule has 1 heterocycles. The van der Waals surface area contributed by atoms with Gasteiger partial charge >= 0.3 is 0 Å². The molecule has 0 saturated carbocycles. The number of hydrogen-bond acceptors (Lipinski definition) is 4. The lowest BCUT2D eigenvalue weighted by Gasteiger charge is -2.09. The molecule has 0 radical (unpaired) electrons. The van der Waals surface area contributed by atoms with Gasteiger partial charge in [0.1, 0.15) is 5.82 Å². The maximum Gasteiger partial charge on any atom is 0.251 e. The molecule has 1 aromatic rings. The first-order chi connectivity index (χ1) is 10.1. The van der Waals surface area contributed by atoms with Crippen LogP contribution in [0.2, 0.25) is 0 Å². The highest BCUT2D eigenvalue weighted by molar-refractivity contribution is 5.95. The van der Waals surface area contributed by atoms with Crippen LogP contribution in [0.4, 0.5) is 5.82 Å². The minimum absolute atomic E-state index is 0.0450. The molecule has 0 spiro atoms. The van der Waals surface area contributed by atoms with E-state index in [0.717, 1.165) is 18.7 Å². The third-order valence-electron chi connectivity index (χ3n) is 2.78. The van der Waals surface area contributed by atoms with E-state index in [1.54, 1.807) is 12.1 Å². The van der Waals surface area contributed by atoms with Crippen LogP contribution in [0.25, 0.3) is 0 Å². The number of nitrogens with one attached hydrogen (secondary N) is 3. The molecule has 2 amide bonds. The highest BCUT2D eigenvalue weighted by Gasteiger charge is 2.09. The molecule has 0 aliphatic heterocycles. The number of aryl methyl sites for hydroxylation is 1. The molecule has 1 rings (SSSR count). The van der Waals surface area contributed by atoms with Gasteiger partial charge in [-0.15, -0.1) is 0 Å². The van der Waals surface area contributed by atoms with Crippen molar-refractivity contribution in [2.75, 3.05) is 25.0 Å². The van der Waals surface area contributed by atoms with Crippen LogP contribution in [0.3, 0.4) is 0 Å². The molecule has 116 valence electrons. The highest BCUT2D eigenvalue weighted by atomic mass is 16.2. The van der Waals surface area contributed by atoms with Gasteiger partial charge in [0.15, 0.2) is 0 Å². The Hall–Kier alpha value is -2.11. The number of aromatic nitrogens is 1. The standard InChI is InChI=1S/C15H24N4O2/c1-4-7-17-14(20)6-8-18-15(21)12-9-11(3)19-13(10-12)16-5-2/h9-10H,4-8H2,1-3H3,(H,16,19)(H,17,20)(H,18,21). The van der Waals surface area contributed by atoms with Crippen LogP contribution in [0.1, 0.15) is 42.7 Å². The highest BCUT2D eigenvalue weighted by Crippen LogP contribution is 2.09. The summed E-state index contributed by atoms with van der Waals surface area (Å²) >= 11 is 0. The summed E-state index contributed by atoms with van der Waals surface area (Å²) in [5.41, 5.74) is 1.33. The van der Waals surface area contributed by atoms with Crippen molar-refractivity contribution in [3.63, 3.8) is 0 Å². The molecule has 21 heavy (non-hydrogen) atoms. The second-order valence-electron chi connectivity index (χ2n) is 4.77. The fourth-order valence-corrected chi connectivity index (χ4v) is 1.82. The number of carbonyl (C=O) groups excluding carboxylic acids is 2. The second kappa shape index (κ2) is 8.94. The number of hydrogen-bond donors (Lipinski definition) is 3. The lowest BCUT2D eigenvalue weighted by Crippen LogP contribution is -2.31. The van der Waals surface area contributed by atoms with E-state index in [0.29, 0.717) is 24.5 Å². The molecule has 1 aromatic heterocycles. The first-order valence-corrected chi connectivity index (χ1v) is 7.34. The Morgan fingerprint density at radius 1 is 1.14 bits per heavy atom. The molecular formula is C15H24N4O2. The smallest absolute Gasteiger partial charge is 0.251 e. The number of nitrogens with zero attached hydrogens (tertiary/aromatic N) is 1. The third kappa shape index (κ3) is 6.25. The van der Waals surface area contributed by atoms with E-state index < -0.39 is 0 Å². The predicted molar refractivity (Wildman–Crippen MR) is 83.4 cm³/mol. The molecule has 0 saturated heterocycles. The Balaban J connectivity index is 2.50. The van der Waals surface area contributed by atoms with Gasteiger partial charge in [0.2, 0.25) is 5.91 Å². The van der Waals surface area contributed by atoms with Crippen LogP contribution < -0.4 is 16.0 Å². The van der Waals surface area contributed by atoms with E-state index >= 15 is 0 Å². The van der Waals surface area contributed by atoms with E-state index in [-0.39, 0.29) is 18.2 Å². The average Bonchev–Trinajstić information content (AvgIpc) is 2.44. The van der Waals surface area contributed by atoms with E-state index in [2.05, 4.69) is 20.9 Å². The van der Waals surface area contributed by atoms with Crippen molar-refractivity contribution >= 4 is 17.6 Å². The first kappa shape index (κ1) is 16.9. The largest absolute Gasteiger partial charge is 0.370 e. The summed E-state index contributed by atoms with van der Waals surface area (Å²) in [6, 6.07) is 3.44. The topological polar surface area (TPSA) is 83.1 Å². The van der Waals surface area contributed by atoms with E-state index in [1.807, 2.05) is 20.8 Å². The third-order valence-corrected chi connectivity index (χ3v) is 2.78. The van der Waals surface area contributed by atoms with Crippen LogP contribution in [-0.2, 0) is 4.79 Å². The molecule has 0 atom stereocenters. The van der Waals surface area contributed by atoms with Crippen LogP contribution in [0, 0.1) is 6.92 Å². The van der Waals surface area contributed by atoms with Crippen molar-refractivity contribution in [1.82, 2.24) is 15.6 Å². The monoisotopic (exact) mass is 292 g/mol. The summed E-state index contributed by atoms with van der Waals surface area (Å²) in [7, 11) is 0. The van der Waals surface area contributed by atoms with Gasteiger partial charge in [-0.05, 0) is 32.4 Å². The fraction of sp³-hybridized carbons (Fsp3) is 0.533. The van der Waals surface area contributed by atoms with Crippen LogP contribution in [0.15, 0.2) is 12.1 Å². The Morgan fingerprint density at radius 2 is 1.90 bits per heavy atom. The molecule has 0 bridgehead atoms. The Bertz CT molecular complexity index is 489. The zero-order valence-corrected chi connectivity index (χ0v) is 13.0. The van der Waals surface area contributed by atoms with E-state index in [1.165, 1.54) is 0 Å². The number of carbonyl (C=O) groups is 2. The summed E-state index contributed by atoms with van der Waals surface area (Å²) in [6.45, 7) is 7.55. The molecule has 0 unspecified atom stereocenters. The van der Waals surface area contributed by atoms with Crippen molar-refractivity contribution in [1.29, 1.82) is 0 Å². The lowest BCUT2D eigenvalue weighted by atomic mass is 10.2. The van der Waals surface area contributed by atoms with Crippen molar-refractivity contribution in [3.8, 4) is 0 Å². The van der Waals surface area contributed by atoms with Gasteiger partial charge in [0, 0.05) is 37.3 Å². The van der Waals surface area contributed by atoms with Gasteiger partial charge in [-0.3, -0.25) is 9.59 Å². The SMILES string of the molecule is CCCNC(=O)CCNC(=O)c1cc(C)nc(NCC)c1. The second-order valence-corrected chi connectivity index (χ2v) is 4.77. The van der Waals surface area contributed by atoms with Crippen molar-refractivity contribution < 1.29 is 9.59 Å². The maximum atomic E-state index is 12.1. The average molecular weight is 292 g/mol. The molecule has 0 fully saturated rings. The van der Waals surface area contributed by atoms with Gasteiger partial charge < -0.3 is 16.0 Å². The zero-order chi connectivity index (χ0) is 15.7. The number of amides is 2. The van der Waals surface area contributed by atoms with Crippen molar-refractivity contribution in [3.05, 3.63) is 23.4 Å².